The van der Waals surface area contributed by atoms with Crippen LogP contribution in [0.25, 0.3) is 21.8 Å². The van der Waals surface area contributed by atoms with Gasteiger partial charge in [0.1, 0.15) is 16.9 Å². The standard InChI is InChI=1S/C34H53N5O3/c1-9-10-11-28-36-30-26-19-25(13-12-24(26)18-27(35)31(30)37-28)39-16-14-38(15-17-39)21-34(7,8)23-41-22-33(5,6)20-29(40)42-32(2,3)4/h12-13,18-19H,9-11,14-17,20-23,35H2,1-8H3,(H,36,37). The maximum atomic E-state index is 12.3. The van der Waals surface area contributed by atoms with Crippen LogP contribution < -0.4 is 10.6 Å². The Balaban J connectivity index is 1.31. The van der Waals surface area contributed by atoms with Crippen molar-refractivity contribution in [3.8, 4) is 0 Å². The number of carbonyl (C=O) groups excluding carboxylic acids is 1. The number of nitrogens with one attached hydrogen (secondary N) is 1. The van der Waals surface area contributed by atoms with Crippen LogP contribution in [0, 0.1) is 10.8 Å². The highest BCUT2D eigenvalue weighted by Gasteiger charge is 2.29. The third-order valence-electron chi connectivity index (χ3n) is 7.83. The van der Waals surface area contributed by atoms with Gasteiger partial charge in [-0.3, -0.25) is 9.69 Å². The fraction of sp³-hybridized carbons (Fsp3) is 0.647. The molecule has 0 aliphatic carbocycles. The zero-order valence-corrected chi connectivity index (χ0v) is 27.2. The number of benzene rings is 2. The maximum Gasteiger partial charge on any atom is 0.306 e. The molecular formula is C34H53N5O3. The SMILES string of the molecule is CCCCc1nc2c(N)cc3ccc(N4CCN(CC(C)(C)COCC(C)(C)CC(=O)OC(C)(C)C)CC4)cc3c2[nH]1. The Labute approximate surface area is 252 Å². The predicted molar refractivity (Wildman–Crippen MR) is 174 cm³/mol. The van der Waals surface area contributed by atoms with Gasteiger partial charge in [-0.05, 0) is 56.2 Å². The highest BCUT2D eigenvalue weighted by Crippen LogP contribution is 2.33. The minimum atomic E-state index is -0.465. The number of piperazine rings is 1. The molecule has 0 atom stereocenters. The molecule has 4 rings (SSSR count). The monoisotopic (exact) mass is 579 g/mol. The van der Waals surface area contributed by atoms with Crippen LogP contribution in [0.4, 0.5) is 11.4 Å². The van der Waals surface area contributed by atoms with Crippen LogP contribution in [-0.4, -0.2) is 72.4 Å². The van der Waals surface area contributed by atoms with Gasteiger partial charge in [-0.2, -0.15) is 0 Å². The van der Waals surface area contributed by atoms with Crippen molar-refractivity contribution >= 4 is 39.1 Å². The van der Waals surface area contributed by atoms with Gasteiger partial charge in [0.05, 0.1) is 30.8 Å². The van der Waals surface area contributed by atoms with Crippen molar-refractivity contribution in [2.24, 2.45) is 10.8 Å². The molecule has 3 aromatic rings. The first-order valence-corrected chi connectivity index (χ1v) is 15.6. The van der Waals surface area contributed by atoms with Gasteiger partial charge in [0, 0.05) is 55.6 Å². The summed E-state index contributed by atoms with van der Waals surface area (Å²) in [5.74, 6) is 0.845. The number of anilines is 2. The fourth-order valence-electron chi connectivity index (χ4n) is 5.85. The number of rotatable bonds is 12. The second-order valence-electron chi connectivity index (χ2n) is 14.7. The molecule has 2 heterocycles. The number of carbonyl (C=O) groups is 1. The molecule has 42 heavy (non-hydrogen) atoms. The van der Waals surface area contributed by atoms with E-state index in [4.69, 9.17) is 20.2 Å². The molecular weight excluding hydrogens is 526 g/mol. The lowest BCUT2D eigenvalue weighted by atomic mass is 9.89. The summed E-state index contributed by atoms with van der Waals surface area (Å²) in [6.45, 7) is 22.7. The van der Waals surface area contributed by atoms with Crippen molar-refractivity contribution in [1.82, 2.24) is 14.9 Å². The molecule has 0 radical (unpaired) electrons. The van der Waals surface area contributed by atoms with Crippen molar-refractivity contribution < 1.29 is 14.3 Å². The smallest absolute Gasteiger partial charge is 0.306 e. The maximum absolute atomic E-state index is 12.3. The van der Waals surface area contributed by atoms with Crippen LogP contribution in [0.15, 0.2) is 24.3 Å². The molecule has 2 aromatic carbocycles. The number of nitrogens with zero attached hydrogens (tertiary/aromatic N) is 3. The number of aromatic nitrogens is 2. The average molecular weight is 580 g/mol. The molecule has 0 spiro atoms. The quantitative estimate of drug-likeness (QED) is 0.185. The van der Waals surface area contributed by atoms with Crippen molar-refractivity contribution in [3.05, 3.63) is 30.1 Å². The lowest BCUT2D eigenvalue weighted by Gasteiger charge is -2.40. The van der Waals surface area contributed by atoms with Crippen LogP contribution in [-0.2, 0) is 20.7 Å². The number of hydrogen-bond donors (Lipinski definition) is 2. The van der Waals surface area contributed by atoms with Gasteiger partial charge in [-0.15, -0.1) is 0 Å². The van der Waals surface area contributed by atoms with Gasteiger partial charge in [-0.25, -0.2) is 4.98 Å². The van der Waals surface area contributed by atoms with Crippen LogP contribution in [0.5, 0.6) is 0 Å². The van der Waals surface area contributed by atoms with E-state index < -0.39 is 5.60 Å². The molecule has 1 aromatic heterocycles. The molecule has 0 unspecified atom stereocenters. The van der Waals surface area contributed by atoms with E-state index in [9.17, 15) is 4.79 Å². The number of unbranched alkanes of at least 4 members (excludes halogenated alkanes) is 1. The molecule has 1 fully saturated rings. The van der Waals surface area contributed by atoms with Crippen molar-refractivity contribution in [1.29, 1.82) is 0 Å². The molecule has 3 N–H and O–H groups in total. The Morgan fingerprint density at radius 3 is 2.36 bits per heavy atom. The first kappa shape index (κ1) is 32.1. The van der Waals surface area contributed by atoms with Crippen LogP contribution in [0.2, 0.25) is 0 Å². The number of imidazole rings is 1. The molecule has 8 nitrogen and oxygen atoms in total. The zero-order valence-electron chi connectivity index (χ0n) is 27.2. The summed E-state index contributed by atoms with van der Waals surface area (Å²) in [4.78, 5) is 25.7. The van der Waals surface area contributed by atoms with E-state index in [0.717, 1.165) is 79.9 Å². The molecule has 1 aliphatic heterocycles. The lowest BCUT2D eigenvalue weighted by Crippen LogP contribution is -2.49. The van der Waals surface area contributed by atoms with Crippen LogP contribution in [0.3, 0.4) is 0 Å². The van der Waals surface area contributed by atoms with E-state index in [1.807, 2.05) is 26.8 Å². The van der Waals surface area contributed by atoms with E-state index in [2.05, 4.69) is 67.6 Å². The van der Waals surface area contributed by atoms with Gasteiger partial charge >= 0.3 is 5.97 Å². The highest BCUT2D eigenvalue weighted by molar-refractivity contribution is 6.10. The largest absolute Gasteiger partial charge is 0.460 e. The summed E-state index contributed by atoms with van der Waals surface area (Å²) in [5, 5.41) is 2.33. The predicted octanol–water partition coefficient (Wildman–Crippen LogP) is 6.56. The summed E-state index contributed by atoms with van der Waals surface area (Å²) < 4.78 is 11.7. The zero-order chi connectivity index (χ0) is 30.7. The minimum absolute atomic E-state index is 0.00869. The number of aromatic amines is 1. The highest BCUT2D eigenvalue weighted by atomic mass is 16.6. The molecule has 1 saturated heterocycles. The number of fused-ring (bicyclic) bond motifs is 3. The number of nitrogens with two attached hydrogens (primary N) is 1. The molecule has 232 valence electrons. The van der Waals surface area contributed by atoms with E-state index in [0.29, 0.717) is 19.6 Å². The first-order valence-electron chi connectivity index (χ1n) is 15.6. The third kappa shape index (κ3) is 8.60. The third-order valence-corrected chi connectivity index (χ3v) is 7.83. The Bertz CT molecular complexity index is 1360. The van der Waals surface area contributed by atoms with Gasteiger partial charge in [0.25, 0.3) is 0 Å². The number of esters is 1. The number of nitrogen functional groups attached to an aromatic ring is 1. The molecule has 8 heteroatoms. The van der Waals surface area contributed by atoms with E-state index in [1.54, 1.807) is 0 Å². The summed E-state index contributed by atoms with van der Waals surface area (Å²) in [6, 6.07) is 8.75. The van der Waals surface area contributed by atoms with Crippen LogP contribution >= 0.6 is 0 Å². The van der Waals surface area contributed by atoms with E-state index in [1.165, 1.54) is 11.1 Å². The minimum Gasteiger partial charge on any atom is -0.460 e. The Kier molecular flexibility index (Phi) is 9.78. The van der Waals surface area contributed by atoms with Crippen molar-refractivity contribution in [2.75, 3.05) is 56.6 Å². The molecule has 0 saturated carbocycles. The van der Waals surface area contributed by atoms with E-state index in [-0.39, 0.29) is 16.8 Å². The van der Waals surface area contributed by atoms with Crippen molar-refractivity contribution in [2.45, 2.75) is 86.7 Å². The number of H-pyrrole nitrogens is 1. The summed E-state index contributed by atoms with van der Waals surface area (Å²) in [7, 11) is 0. The Hall–Kier alpha value is -2.84. The van der Waals surface area contributed by atoms with Crippen molar-refractivity contribution in [3.63, 3.8) is 0 Å². The summed E-state index contributed by atoms with van der Waals surface area (Å²) >= 11 is 0. The molecule has 0 amide bonds. The lowest BCUT2D eigenvalue weighted by molar-refractivity contribution is -0.158. The second kappa shape index (κ2) is 12.8. The first-order chi connectivity index (χ1) is 19.6. The normalized spacial score (nSPS) is 15.6. The Morgan fingerprint density at radius 2 is 1.69 bits per heavy atom. The fourth-order valence-corrected chi connectivity index (χ4v) is 5.85. The van der Waals surface area contributed by atoms with Gasteiger partial charge in [0.2, 0.25) is 0 Å². The Morgan fingerprint density at radius 1 is 1.00 bits per heavy atom. The topological polar surface area (TPSA) is 96.7 Å². The second-order valence-corrected chi connectivity index (χ2v) is 14.7. The summed E-state index contributed by atoms with van der Waals surface area (Å²) in [5.41, 5.74) is 9.56. The van der Waals surface area contributed by atoms with Gasteiger partial charge in [-0.1, -0.05) is 47.1 Å². The van der Waals surface area contributed by atoms with E-state index >= 15 is 0 Å². The van der Waals surface area contributed by atoms with Gasteiger partial charge in [0.15, 0.2) is 0 Å². The van der Waals surface area contributed by atoms with Crippen LogP contribution in [0.1, 0.15) is 80.5 Å². The average Bonchev–Trinajstić information content (AvgIpc) is 3.31. The number of ether oxygens (including phenoxy) is 2. The molecule has 0 bridgehead atoms. The van der Waals surface area contributed by atoms with Gasteiger partial charge < -0.3 is 25.1 Å². The molecule has 1 aliphatic rings. The summed E-state index contributed by atoms with van der Waals surface area (Å²) in [6.07, 6.45) is 3.55. The number of hydrogen-bond acceptors (Lipinski definition) is 7. The number of aryl methyl sites for hydroxylation is 1.